The molecule has 31 heavy (non-hydrogen) atoms. The molecular formula is C24H34N4O3. The predicted octanol–water partition coefficient (Wildman–Crippen LogP) is 2.62. The van der Waals surface area contributed by atoms with Crippen LogP contribution in [0.1, 0.15) is 36.4 Å². The molecule has 0 unspecified atom stereocenters. The molecule has 1 aromatic heterocycles. The number of aryl methyl sites for hydroxylation is 1. The van der Waals surface area contributed by atoms with E-state index in [4.69, 9.17) is 4.74 Å². The molecule has 1 fully saturated rings. The number of hydrogen-bond acceptors (Lipinski definition) is 4. The van der Waals surface area contributed by atoms with E-state index in [1.54, 1.807) is 7.11 Å². The highest BCUT2D eigenvalue weighted by Crippen LogP contribution is 2.18. The summed E-state index contributed by atoms with van der Waals surface area (Å²) in [4.78, 5) is 29.3. The molecule has 1 aliphatic rings. The topological polar surface area (TPSA) is 67.7 Å². The summed E-state index contributed by atoms with van der Waals surface area (Å²) in [5.74, 6) is 1.45. The van der Waals surface area contributed by atoms with Gasteiger partial charge in [0, 0.05) is 44.0 Å². The Bertz CT molecular complexity index is 927. The van der Waals surface area contributed by atoms with E-state index in [1.165, 1.54) is 0 Å². The first-order valence-electron chi connectivity index (χ1n) is 11.0. The Labute approximate surface area is 185 Å². The van der Waals surface area contributed by atoms with Crippen molar-refractivity contribution in [3.8, 4) is 5.75 Å². The summed E-state index contributed by atoms with van der Waals surface area (Å²) in [6.45, 7) is 11.5. The lowest BCUT2D eigenvalue weighted by Crippen LogP contribution is -2.51. The van der Waals surface area contributed by atoms with Crippen molar-refractivity contribution in [2.24, 2.45) is 5.92 Å². The quantitative estimate of drug-likeness (QED) is 0.683. The van der Waals surface area contributed by atoms with Gasteiger partial charge in [0.15, 0.2) is 0 Å². The van der Waals surface area contributed by atoms with Gasteiger partial charge in [-0.25, -0.2) is 0 Å². The zero-order chi connectivity index (χ0) is 22.5. The summed E-state index contributed by atoms with van der Waals surface area (Å²) in [5, 5.41) is 4.62. The maximum Gasteiger partial charge on any atom is 0.227 e. The summed E-state index contributed by atoms with van der Waals surface area (Å²) in [6, 6.07) is 7.59. The fourth-order valence-electron chi connectivity index (χ4n) is 4.05. The molecule has 3 rings (SSSR count). The molecule has 1 aromatic carbocycles. The lowest BCUT2D eigenvalue weighted by atomic mass is 10.1. The van der Waals surface area contributed by atoms with Gasteiger partial charge in [-0.3, -0.25) is 14.3 Å². The lowest BCUT2D eigenvalue weighted by molar-refractivity contribution is -0.138. The van der Waals surface area contributed by atoms with Crippen LogP contribution in [0.4, 0.5) is 0 Å². The molecule has 0 N–H and O–H groups in total. The molecule has 0 spiro atoms. The Morgan fingerprint density at radius 3 is 2.23 bits per heavy atom. The second kappa shape index (κ2) is 9.98. The van der Waals surface area contributed by atoms with Crippen LogP contribution in [0.5, 0.6) is 5.75 Å². The maximum atomic E-state index is 12.9. The minimum atomic E-state index is 0.0852. The summed E-state index contributed by atoms with van der Waals surface area (Å²) >= 11 is 0. The van der Waals surface area contributed by atoms with Crippen molar-refractivity contribution in [3.05, 3.63) is 46.8 Å². The first kappa shape index (κ1) is 22.8. The normalized spacial score (nSPS) is 14.3. The number of piperazine rings is 1. The number of amides is 2. The Hall–Kier alpha value is -2.83. The number of hydrogen-bond donors (Lipinski definition) is 0. The number of methoxy groups -OCH3 is 1. The van der Waals surface area contributed by atoms with Crippen molar-refractivity contribution in [2.75, 3.05) is 33.3 Å². The van der Waals surface area contributed by atoms with Gasteiger partial charge in [-0.15, -0.1) is 0 Å². The second-order valence-electron chi connectivity index (χ2n) is 8.69. The number of aromatic nitrogens is 2. The molecule has 0 bridgehead atoms. The van der Waals surface area contributed by atoms with Crippen molar-refractivity contribution in [2.45, 2.75) is 47.1 Å². The van der Waals surface area contributed by atoms with Crippen LogP contribution in [-0.2, 0) is 29.0 Å². The number of carbonyl (C=O) groups excluding carboxylic acids is 2. The SMILES string of the molecule is COc1cccc(CC(=O)N2CCN(C(=O)Cc3c(C)nn(CC(C)C)c3C)CC2)c1. The van der Waals surface area contributed by atoms with Crippen LogP contribution in [0.15, 0.2) is 24.3 Å². The molecule has 0 aliphatic carbocycles. The molecule has 0 saturated carbocycles. The van der Waals surface area contributed by atoms with Crippen LogP contribution in [0, 0.1) is 19.8 Å². The van der Waals surface area contributed by atoms with Crippen molar-refractivity contribution in [1.82, 2.24) is 19.6 Å². The summed E-state index contributed by atoms with van der Waals surface area (Å²) in [5.41, 5.74) is 3.97. The third-order valence-corrected chi connectivity index (χ3v) is 5.87. The molecule has 1 saturated heterocycles. The van der Waals surface area contributed by atoms with Crippen LogP contribution < -0.4 is 4.74 Å². The van der Waals surface area contributed by atoms with Crippen LogP contribution in [0.3, 0.4) is 0 Å². The van der Waals surface area contributed by atoms with Crippen LogP contribution in [0.25, 0.3) is 0 Å². The first-order chi connectivity index (χ1) is 14.8. The molecule has 0 atom stereocenters. The third kappa shape index (κ3) is 5.66. The fourth-order valence-corrected chi connectivity index (χ4v) is 4.05. The molecule has 1 aliphatic heterocycles. The van der Waals surface area contributed by atoms with E-state index in [0.717, 1.165) is 34.8 Å². The van der Waals surface area contributed by atoms with E-state index in [9.17, 15) is 9.59 Å². The molecule has 2 amide bonds. The van der Waals surface area contributed by atoms with Crippen molar-refractivity contribution in [3.63, 3.8) is 0 Å². The van der Waals surface area contributed by atoms with Crippen molar-refractivity contribution >= 4 is 11.8 Å². The monoisotopic (exact) mass is 426 g/mol. The van der Waals surface area contributed by atoms with Crippen molar-refractivity contribution < 1.29 is 14.3 Å². The smallest absolute Gasteiger partial charge is 0.227 e. The van der Waals surface area contributed by atoms with Gasteiger partial charge in [-0.2, -0.15) is 5.10 Å². The van der Waals surface area contributed by atoms with E-state index >= 15 is 0 Å². The number of benzene rings is 1. The molecular weight excluding hydrogens is 392 g/mol. The Morgan fingerprint density at radius 1 is 1.03 bits per heavy atom. The summed E-state index contributed by atoms with van der Waals surface area (Å²) < 4.78 is 7.24. The summed E-state index contributed by atoms with van der Waals surface area (Å²) in [7, 11) is 1.62. The largest absolute Gasteiger partial charge is 0.497 e. The molecule has 0 radical (unpaired) electrons. The lowest BCUT2D eigenvalue weighted by Gasteiger charge is -2.35. The van der Waals surface area contributed by atoms with E-state index < -0.39 is 0 Å². The minimum absolute atomic E-state index is 0.0852. The standard InChI is InChI=1S/C24H34N4O3/c1-17(2)16-28-19(4)22(18(3)25-28)15-24(30)27-11-9-26(10-12-27)23(29)14-20-7-6-8-21(13-20)31-5/h6-8,13,17H,9-12,14-16H2,1-5H3. The number of ether oxygens (including phenoxy) is 1. The highest BCUT2D eigenvalue weighted by molar-refractivity contribution is 5.81. The van der Waals surface area contributed by atoms with E-state index in [-0.39, 0.29) is 11.8 Å². The van der Waals surface area contributed by atoms with Gasteiger partial charge in [0.25, 0.3) is 0 Å². The molecule has 7 nitrogen and oxygen atoms in total. The van der Waals surface area contributed by atoms with E-state index in [2.05, 4.69) is 18.9 Å². The van der Waals surface area contributed by atoms with Crippen LogP contribution in [-0.4, -0.2) is 64.7 Å². The van der Waals surface area contributed by atoms with Gasteiger partial charge < -0.3 is 14.5 Å². The van der Waals surface area contributed by atoms with Crippen LogP contribution >= 0.6 is 0 Å². The van der Waals surface area contributed by atoms with E-state index in [0.29, 0.717) is 44.9 Å². The number of nitrogens with zero attached hydrogens (tertiary/aromatic N) is 4. The van der Waals surface area contributed by atoms with Crippen molar-refractivity contribution in [1.29, 1.82) is 0 Å². The fraction of sp³-hybridized carbons (Fsp3) is 0.542. The van der Waals surface area contributed by atoms with Crippen LogP contribution in [0.2, 0.25) is 0 Å². The summed E-state index contributed by atoms with van der Waals surface area (Å²) in [6.07, 6.45) is 0.714. The number of rotatable bonds is 7. The number of carbonyl (C=O) groups is 2. The van der Waals surface area contributed by atoms with E-state index in [1.807, 2.05) is 52.6 Å². The molecule has 7 heteroatoms. The first-order valence-corrected chi connectivity index (χ1v) is 11.0. The highest BCUT2D eigenvalue weighted by Gasteiger charge is 2.25. The molecule has 2 aromatic rings. The Balaban J connectivity index is 1.54. The zero-order valence-electron chi connectivity index (χ0n) is 19.4. The maximum absolute atomic E-state index is 12.9. The molecule has 168 valence electrons. The van der Waals surface area contributed by atoms with Gasteiger partial charge in [0.05, 0.1) is 25.6 Å². The van der Waals surface area contributed by atoms with Gasteiger partial charge >= 0.3 is 0 Å². The van der Waals surface area contributed by atoms with Gasteiger partial charge in [0.2, 0.25) is 11.8 Å². The zero-order valence-corrected chi connectivity index (χ0v) is 19.4. The minimum Gasteiger partial charge on any atom is -0.497 e. The predicted molar refractivity (Wildman–Crippen MR) is 120 cm³/mol. The average Bonchev–Trinajstić information content (AvgIpc) is 3.00. The van der Waals surface area contributed by atoms with Gasteiger partial charge in [-0.05, 0) is 37.5 Å². The molecule has 2 heterocycles. The second-order valence-corrected chi connectivity index (χ2v) is 8.69. The average molecular weight is 427 g/mol. The Kier molecular flexibility index (Phi) is 7.36. The highest BCUT2D eigenvalue weighted by atomic mass is 16.5. The Morgan fingerprint density at radius 2 is 1.65 bits per heavy atom. The van der Waals surface area contributed by atoms with Gasteiger partial charge in [0.1, 0.15) is 5.75 Å². The van der Waals surface area contributed by atoms with Gasteiger partial charge in [-0.1, -0.05) is 26.0 Å². The third-order valence-electron chi connectivity index (χ3n) is 5.87.